The second-order valence-corrected chi connectivity index (χ2v) is 6.36. The number of hydrogen-bond donors (Lipinski definition) is 1. The van der Waals surface area contributed by atoms with Crippen molar-refractivity contribution < 1.29 is 4.79 Å². The van der Waals surface area contributed by atoms with Crippen LogP contribution in [0.2, 0.25) is 0 Å². The molecule has 3 aliphatic rings. The molecule has 0 radical (unpaired) electrons. The second kappa shape index (κ2) is 4.27. The van der Waals surface area contributed by atoms with Gasteiger partial charge in [0.2, 0.25) is 5.91 Å². The molecule has 96 valence electrons. The molecule has 3 rings (SSSR count). The lowest BCUT2D eigenvalue weighted by atomic mass is 9.86. The Bertz CT molecular complexity index is 295. The molecule has 3 nitrogen and oxygen atoms in total. The van der Waals surface area contributed by atoms with Gasteiger partial charge < -0.3 is 10.2 Å². The Morgan fingerprint density at radius 3 is 2.65 bits per heavy atom. The number of hydrogen-bond acceptors (Lipinski definition) is 2. The van der Waals surface area contributed by atoms with E-state index in [1.54, 1.807) is 0 Å². The summed E-state index contributed by atoms with van der Waals surface area (Å²) >= 11 is 0. The van der Waals surface area contributed by atoms with Crippen LogP contribution in [0, 0.1) is 5.41 Å². The van der Waals surface area contributed by atoms with Crippen LogP contribution >= 0.6 is 0 Å². The molecule has 1 N–H and O–H groups in total. The van der Waals surface area contributed by atoms with E-state index in [0.717, 1.165) is 32.4 Å². The summed E-state index contributed by atoms with van der Waals surface area (Å²) in [5.74, 6) is 0.464. The maximum Gasteiger partial charge on any atom is 0.229 e. The zero-order valence-electron chi connectivity index (χ0n) is 10.9. The number of carbonyl (C=O) groups is 1. The zero-order chi connectivity index (χ0) is 11.9. The highest BCUT2D eigenvalue weighted by atomic mass is 16.2. The van der Waals surface area contributed by atoms with Crippen molar-refractivity contribution in [2.45, 2.75) is 64.0 Å². The van der Waals surface area contributed by atoms with Gasteiger partial charge in [-0.25, -0.2) is 0 Å². The van der Waals surface area contributed by atoms with Gasteiger partial charge in [-0.15, -0.1) is 0 Å². The first kappa shape index (κ1) is 11.5. The fourth-order valence-corrected chi connectivity index (χ4v) is 3.99. The maximum absolute atomic E-state index is 12.8. The van der Waals surface area contributed by atoms with Crippen LogP contribution in [0.25, 0.3) is 0 Å². The number of rotatable bonds is 1. The highest BCUT2D eigenvalue weighted by molar-refractivity contribution is 5.83. The van der Waals surface area contributed by atoms with Gasteiger partial charge in [-0.1, -0.05) is 19.8 Å². The molecule has 2 aliphatic heterocycles. The first-order valence-corrected chi connectivity index (χ1v) is 7.24. The Morgan fingerprint density at radius 2 is 1.88 bits per heavy atom. The minimum Gasteiger partial charge on any atom is -0.335 e. The van der Waals surface area contributed by atoms with Gasteiger partial charge >= 0.3 is 0 Å². The minimum atomic E-state index is -0.0365. The van der Waals surface area contributed by atoms with E-state index in [2.05, 4.69) is 17.1 Å². The lowest BCUT2D eigenvalue weighted by Crippen LogP contribution is -2.48. The second-order valence-electron chi connectivity index (χ2n) is 6.36. The van der Waals surface area contributed by atoms with Crippen LogP contribution in [-0.4, -0.2) is 36.0 Å². The molecule has 0 spiro atoms. The van der Waals surface area contributed by atoms with E-state index >= 15 is 0 Å². The summed E-state index contributed by atoms with van der Waals surface area (Å²) in [5.41, 5.74) is -0.0365. The van der Waals surface area contributed by atoms with Crippen molar-refractivity contribution in [2.24, 2.45) is 5.41 Å². The van der Waals surface area contributed by atoms with Crippen molar-refractivity contribution >= 4 is 5.91 Å². The van der Waals surface area contributed by atoms with Gasteiger partial charge in [0.25, 0.3) is 0 Å². The van der Waals surface area contributed by atoms with Crippen LogP contribution in [-0.2, 0) is 4.79 Å². The summed E-state index contributed by atoms with van der Waals surface area (Å²) < 4.78 is 0. The molecule has 2 saturated heterocycles. The van der Waals surface area contributed by atoms with Crippen LogP contribution in [0.4, 0.5) is 0 Å². The maximum atomic E-state index is 12.8. The van der Waals surface area contributed by atoms with E-state index in [-0.39, 0.29) is 5.41 Å². The molecule has 2 bridgehead atoms. The normalized spacial score (nSPS) is 35.9. The van der Waals surface area contributed by atoms with Crippen LogP contribution in [0.15, 0.2) is 0 Å². The standard InChI is InChI=1S/C14H24N2O/c1-14(7-2-3-8-14)13(17)16-11-4-5-12(16)10-15-9-6-11/h11-12,15H,2-10H2,1H3. The molecule has 17 heavy (non-hydrogen) atoms. The molecule has 0 aromatic heterocycles. The van der Waals surface area contributed by atoms with Crippen molar-refractivity contribution in [3.63, 3.8) is 0 Å². The number of fused-ring (bicyclic) bond motifs is 2. The van der Waals surface area contributed by atoms with Gasteiger partial charge in [0, 0.05) is 24.0 Å². The van der Waals surface area contributed by atoms with Crippen molar-refractivity contribution in [3.8, 4) is 0 Å². The predicted molar refractivity (Wildman–Crippen MR) is 67.7 cm³/mol. The highest BCUT2D eigenvalue weighted by Crippen LogP contribution is 2.42. The molecule has 3 heteroatoms. The third kappa shape index (κ3) is 1.88. The van der Waals surface area contributed by atoms with Crippen LogP contribution in [0.5, 0.6) is 0 Å². The average molecular weight is 236 g/mol. The Labute approximate surface area is 104 Å². The monoisotopic (exact) mass is 236 g/mol. The van der Waals surface area contributed by atoms with Crippen LogP contribution in [0.3, 0.4) is 0 Å². The highest BCUT2D eigenvalue weighted by Gasteiger charge is 2.46. The topological polar surface area (TPSA) is 32.3 Å². The number of nitrogens with one attached hydrogen (secondary N) is 1. The smallest absolute Gasteiger partial charge is 0.229 e. The molecule has 1 aliphatic carbocycles. The van der Waals surface area contributed by atoms with Gasteiger partial charge in [-0.05, 0) is 38.6 Å². The van der Waals surface area contributed by atoms with E-state index in [1.807, 2.05) is 0 Å². The van der Waals surface area contributed by atoms with Gasteiger partial charge in [0.05, 0.1) is 0 Å². The average Bonchev–Trinajstić information content (AvgIpc) is 2.82. The van der Waals surface area contributed by atoms with Gasteiger partial charge in [0.1, 0.15) is 0 Å². The quantitative estimate of drug-likeness (QED) is 0.754. The summed E-state index contributed by atoms with van der Waals surface area (Å²) in [6.07, 6.45) is 8.28. The Hall–Kier alpha value is -0.570. The molecule has 3 fully saturated rings. The summed E-state index contributed by atoms with van der Waals surface area (Å²) in [6.45, 7) is 4.29. The fraction of sp³-hybridized carbons (Fsp3) is 0.929. The number of carbonyl (C=O) groups excluding carboxylic acids is 1. The zero-order valence-corrected chi connectivity index (χ0v) is 10.9. The molecule has 2 atom stereocenters. The SMILES string of the molecule is CC1(C(=O)N2C3CCNCC2CC3)CCCC1. The van der Waals surface area contributed by atoms with Gasteiger partial charge in [-0.2, -0.15) is 0 Å². The van der Waals surface area contributed by atoms with Crippen LogP contribution in [0.1, 0.15) is 51.9 Å². The molecule has 1 saturated carbocycles. The molecule has 2 heterocycles. The number of nitrogens with zero attached hydrogens (tertiary/aromatic N) is 1. The van der Waals surface area contributed by atoms with Crippen molar-refractivity contribution in [2.75, 3.05) is 13.1 Å². The Balaban J connectivity index is 1.80. The third-order valence-electron chi connectivity index (χ3n) is 5.11. The molecule has 0 aromatic rings. The molecule has 1 amide bonds. The molecular formula is C14H24N2O. The lowest BCUT2D eigenvalue weighted by molar-refractivity contribution is -0.143. The molecule has 0 aromatic carbocycles. The van der Waals surface area contributed by atoms with E-state index in [9.17, 15) is 4.79 Å². The summed E-state index contributed by atoms with van der Waals surface area (Å²) in [4.78, 5) is 15.1. The van der Waals surface area contributed by atoms with E-state index in [0.29, 0.717) is 18.0 Å². The Morgan fingerprint density at radius 1 is 1.18 bits per heavy atom. The van der Waals surface area contributed by atoms with E-state index < -0.39 is 0 Å². The van der Waals surface area contributed by atoms with Crippen molar-refractivity contribution in [1.29, 1.82) is 0 Å². The Kier molecular flexibility index (Phi) is 2.89. The number of amides is 1. The summed E-state index contributed by atoms with van der Waals surface area (Å²) in [6, 6.07) is 1.01. The van der Waals surface area contributed by atoms with Crippen molar-refractivity contribution in [1.82, 2.24) is 10.2 Å². The molecular weight excluding hydrogens is 212 g/mol. The fourth-order valence-electron chi connectivity index (χ4n) is 3.99. The largest absolute Gasteiger partial charge is 0.335 e. The minimum absolute atomic E-state index is 0.0365. The third-order valence-corrected chi connectivity index (χ3v) is 5.11. The van der Waals surface area contributed by atoms with Gasteiger partial charge in [-0.3, -0.25) is 4.79 Å². The summed E-state index contributed by atoms with van der Waals surface area (Å²) in [7, 11) is 0. The first-order chi connectivity index (χ1) is 8.21. The lowest BCUT2D eigenvalue weighted by Gasteiger charge is -2.35. The van der Waals surface area contributed by atoms with Gasteiger partial charge in [0.15, 0.2) is 0 Å². The van der Waals surface area contributed by atoms with Crippen LogP contribution < -0.4 is 5.32 Å². The summed E-state index contributed by atoms with van der Waals surface area (Å²) in [5, 5.41) is 3.47. The molecule has 2 unspecified atom stereocenters. The predicted octanol–water partition coefficient (Wildman–Crippen LogP) is 1.92. The van der Waals surface area contributed by atoms with Crippen molar-refractivity contribution in [3.05, 3.63) is 0 Å². The van der Waals surface area contributed by atoms with E-state index in [1.165, 1.54) is 25.7 Å². The van der Waals surface area contributed by atoms with E-state index in [4.69, 9.17) is 0 Å². The first-order valence-electron chi connectivity index (χ1n) is 7.24.